The van der Waals surface area contributed by atoms with Crippen LogP contribution in [0.3, 0.4) is 0 Å². The van der Waals surface area contributed by atoms with E-state index in [9.17, 15) is 4.79 Å². The molecule has 0 saturated carbocycles. The van der Waals surface area contributed by atoms with E-state index in [-0.39, 0.29) is 5.70 Å². The molecule has 0 unspecified atom stereocenters. The lowest BCUT2D eigenvalue weighted by molar-refractivity contribution is -0.129. The molecule has 3 aromatic rings. The van der Waals surface area contributed by atoms with Gasteiger partial charge in [0.05, 0.1) is 7.11 Å². The van der Waals surface area contributed by atoms with Crippen molar-refractivity contribution < 1.29 is 23.7 Å². The van der Waals surface area contributed by atoms with Crippen molar-refractivity contribution in [3.8, 4) is 17.2 Å². The summed E-state index contributed by atoms with van der Waals surface area (Å²) in [7, 11) is 1.57. The molecule has 34 heavy (non-hydrogen) atoms. The molecule has 0 amide bonds. The highest BCUT2D eigenvalue weighted by molar-refractivity contribution is 6.12. The molecule has 0 bridgehead atoms. The molecule has 0 fully saturated rings. The zero-order valence-corrected chi connectivity index (χ0v) is 19.5. The number of nitrogens with zero attached hydrogens (tertiary/aromatic N) is 1. The topological polar surface area (TPSA) is 66.3 Å². The number of methoxy groups -OCH3 is 1. The number of rotatable bonds is 9. The van der Waals surface area contributed by atoms with Crippen LogP contribution in [0.25, 0.3) is 6.08 Å². The van der Waals surface area contributed by atoms with Gasteiger partial charge in [-0.05, 0) is 72.5 Å². The van der Waals surface area contributed by atoms with Gasteiger partial charge in [0.2, 0.25) is 5.90 Å². The minimum Gasteiger partial charge on any atom is -0.493 e. The van der Waals surface area contributed by atoms with Gasteiger partial charge in [-0.1, -0.05) is 37.3 Å². The van der Waals surface area contributed by atoms with E-state index < -0.39 is 5.97 Å². The Morgan fingerprint density at radius 2 is 1.74 bits per heavy atom. The number of carbonyl (C=O) groups excluding carboxylic acids is 1. The van der Waals surface area contributed by atoms with E-state index in [4.69, 9.17) is 18.9 Å². The number of esters is 1. The van der Waals surface area contributed by atoms with Gasteiger partial charge in [0.1, 0.15) is 19.0 Å². The molecule has 0 spiro atoms. The van der Waals surface area contributed by atoms with E-state index in [0.29, 0.717) is 30.6 Å². The average molecular weight is 458 g/mol. The van der Waals surface area contributed by atoms with Gasteiger partial charge >= 0.3 is 5.97 Å². The summed E-state index contributed by atoms with van der Waals surface area (Å²) in [4.78, 5) is 16.6. The van der Waals surface area contributed by atoms with Crippen molar-refractivity contribution in [1.29, 1.82) is 0 Å². The fourth-order valence-electron chi connectivity index (χ4n) is 3.59. The molecule has 6 nitrogen and oxygen atoms in total. The molecule has 0 saturated heterocycles. The maximum atomic E-state index is 12.3. The third kappa shape index (κ3) is 5.64. The Labute approximate surface area is 199 Å². The fourth-order valence-corrected chi connectivity index (χ4v) is 3.59. The SMILES string of the molecule is CCc1cc(C)cc(OCCOc2ccc(C=C3N=C(c4ccccc4)OC3=O)cc2OC)c1. The van der Waals surface area contributed by atoms with Crippen molar-refractivity contribution in [2.75, 3.05) is 20.3 Å². The van der Waals surface area contributed by atoms with E-state index in [1.54, 1.807) is 25.3 Å². The van der Waals surface area contributed by atoms with E-state index in [1.165, 1.54) is 11.1 Å². The number of hydrogen-bond acceptors (Lipinski definition) is 6. The largest absolute Gasteiger partial charge is 0.493 e. The van der Waals surface area contributed by atoms with E-state index in [0.717, 1.165) is 23.3 Å². The van der Waals surface area contributed by atoms with Gasteiger partial charge in [0.25, 0.3) is 0 Å². The molecule has 1 aliphatic rings. The number of carbonyl (C=O) groups is 1. The second-order valence-corrected chi connectivity index (χ2v) is 7.82. The third-order valence-electron chi connectivity index (χ3n) is 5.26. The monoisotopic (exact) mass is 457 g/mol. The van der Waals surface area contributed by atoms with Crippen LogP contribution in [0, 0.1) is 6.92 Å². The third-order valence-corrected chi connectivity index (χ3v) is 5.26. The molecule has 0 aromatic heterocycles. The summed E-state index contributed by atoms with van der Waals surface area (Å²) >= 11 is 0. The average Bonchev–Trinajstić information content (AvgIpc) is 3.22. The summed E-state index contributed by atoms with van der Waals surface area (Å²) in [6, 6.07) is 21.0. The predicted molar refractivity (Wildman–Crippen MR) is 132 cm³/mol. The lowest BCUT2D eigenvalue weighted by Gasteiger charge is -2.13. The molecule has 0 radical (unpaired) electrons. The molecule has 0 N–H and O–H groups in total. The summed E-state index contributed by atoms with van der Waals surface area (Å²) in [6.07, 6.45) is 2.63. The minimum absolute atomic E-state index is 0.229. The Hall–Kier alpha value is -4.06. The van der Waals surface area contributed by atoms with Crippen LogP contribution in [-0.2, 0) is 16.0 Å². The predicted octanol–water partition coefficient (Wildman–Crippen LogP) is 5.37. The summed E-state index contributed by atoms with van der Waals surface area (Å²) < 4.78 is 22.5. The van der Waals surface area contributed by atoms with Crippen LogP contribution in [0.5, 0.6) is 17.2 Å². The normalized spacial score (nSPS) is 14.0. The first kappa shape index (κ1) is 23.1. The van der Waals surface area contributed by atoms with Crippen LogP contribution in [0.2, 0.25) is 0 Å². The number of aliphatic imine (C=N–C) groups is 1. The Balaban J connectivity index is 1.40. The van der Waals surface area contributed by atoms with Gasteiger partial charge in [-0.2, -0.15) is 0 Å². The fraction of sp³-hybridized carbons (Fsp3) is 0.214. The number of aryl methyl sites for hydroxylation is 2. The molecule has 0 aliphatic carbocycles. The molecule has 3 aromatic carbocycles. The lowest BCUT2D eigenvalue weighted by atomic mass is 10.1. The zero-order chi connectivity index (χ0) is 23.9. The van der Waals surface area contributed by atoms with Gasteiger partial charge in [-0.25, -0.2) is 9.79 Å². The number of cyclic esters (lactones) is 1. The minimum atomic E-state index is -0.488. The van der Waals surface area contributed by atoms with E-state index >= 15 is 0 Å². The molecule has 1 heterocycles. The molecular weight excluding hydrogens is 430 g/mol. The van der Waals surface area contributed by atoms with E-state index in [2.05, 4.69) is 31.0 Å². The molecule has 1 aliphatic heterocycles. The van der Waals surface area contributed by atoms with Gasteiger partial charge in [0, 0.05) is 5.56 Å². The van der Waals surface area contributed by atoms with Crippen LogP contribution < -0.4 is 14.2 Å². The standard InChI is InChI=1S/C28H27NO5/c1-4-20-14-19(2)15-23(16-20)32-12-13-33-25-11-10-21(18-26(25)31-3)17-24-28(30)34-27(29-24)22-8-6-5-7-9-22/h5-11,14-18H,4,12-13H2,1-3H3. The van der Waals surface area contributed by atoms with Gasteiger partial charge in [-0.3, -0.25) is 0 Å². The molecule has 4 rings (SSSR count). The smallest absolute Gasteiger partial charge is 0.363 e. The molecule has 6 heteroatoms. The van der Waals surface area contributed by atoms with Gasteiger partial charge in [0.15, 0.2) is 17.2 Å². The van der Waals surface area contributed by atoms with Crippen LogP contribution >= 0.6 is 0 Å². The first-order valence-electron chi connectivity index (χ1n) is 11.2. The second kappa shape index (κ2) is 10.7. The Kier molecular flexibility index (Phi) is 7.28. The number of hydrogen-bond donors (Lipinski definition) is 0. The number of ether oxygens (including phenoxy) is 4. The first-order chi connectivity index (χ1) is 16.6. The Bertz CT molecular complexity index is 1230. The van der Waals surface area contributed by atoms with Crippen molar-refractivity contribution in [3.05, 3.63) is 94.7 Å². The number of benzene rings is 3. The van der Waals surface area contributed by atoms with Crippen molar-refractivity contribution in [1.82, 2.24) is 0 Å². The maximum absolute atomic E-state index is 12.3. The van der Waals surface area contributed by atoms with Crippen molar-refractivity contribution >= 4 is 17.9 Å². The van der Waals surface area contributed by atoms with E-state index in [1.807, 2.05) is 42.5 Å². The lowest BCUT2D eigenvalue weighted by Crippen LogP contribution is -2.10. The highest BCUT2D eigenvalue weighted by Gasteiger charge is 2.24. The molecule has 0 atom stereocenters. The quantitative estimate of drug-likeness (QED) is 0.246. The summed E-state index contributed by atoms with van der Waals surface area (Å²) in [6.45, 7) is 4.95. The van der Waals surface area contributed by atoms with Crippen molar-refractivity contribution in [2.24, 2.45) is 4.99 Å². The highest BCUT2D eigenvalue weighted by Crippen LogP contribution is 2.30. The van der Waals surface area contributed by atoms with Crippen molar-refractivity contribution in [2.45, 2.75) is 20.3 Å². The van der Waals surface area contributed by atoms with Gasteiger partial charge in [-0.15, -0.1) is 0 Å². The second-order valence-electron chi connectivity index (χ2n) is 7.82. The molecule has 174 valence electrons. The molecular formula is C28H27NO5. The maximum Gasteiger partial charge on any atom is 0.363 e. The van der Waals surface area contributed by atoms with Crippen molar-refractivity contribution in [3.63, 3.8) is 0 Å². The Morgan fingerprint density at radius 3 is 2.50 bits per heavy atom. The summed E-state index contributed by atoms with van der Waals surface area (Å²) in [5.41, 5.74) is 4.14. The van der Waals surface area contributed by atoms with Crippen LogP contribution in [0.4, 0.5) is 0 Å². The first-order valence-corrected chi connectivity index (χ1v) is 11.2. The van der Waals surface area contributed by atoms with Crippen LogP contribution in [0.1, 0.15) is 29.2 Å². The van der Waals surface area contributed by atoms with Crippen LogP contribution in [0.15, 0.2) is 77.4 Å². The van der Waals surface area contributed by atoms with Gasteiger partial charge < -0.3 is 18.9 Å². The summed E-state index contributed by atoms with van der Waals surface area (Å²) in [5.74, 6) is 1.79. The highest BCUT2D eigenvalue weighted by atomic mass is 16.6. The van der Waals surface area contributed by atoms with Crippen LogP contribution in [-0.4, -0.2) is 32.2 Å². The summed E-state index contributed by atoms with van der Waals surface area (Å²) in [5, 5.41) is 0. The zero-order valence-electron chi connectivity index (χ0n) is 19.5. The Morgan fingerprint density at radius 1 is 0.941 bits per heavy atom.